The van der Waals surface area contributed by atoms with Crippen LogP contribution in [-0.2, 0) is 0 Å². The Bertz CT molecular complexity index is 470. The van der Waals surface area contributed by atoms with Crippen LogP contribution in [0.2, 0.25) is 0 Å². The lowest BCUT2D eigenvalue weighted by Gasteiger charge is -2.22. The molecule has 2 aromatic rings. The Morgan fingerprint density at radius 2 is 2.06 bits per heavy atom. The van der Waals surface area contributed by atoms with Crippen molar-refractivity contribution in [3.05, 3.63) is 24.4 Å². The van der Waals surface area contributed by atoms with E-state index in [-0.39, 0.29) is 11.3 Å². The van der Waals surface area contributed by atoms with Crippen LogP contribution >= 0.6 is 11.6 Å². The third-order valence-electron chi connectivity index (χ3n) is 2.77. The van der Waals surface area contributed by atoms with Crippen molar-refractivity contribution in [2.75, 3.05) is 0 Å². The van der Waals surface area contributed by atoms with Crippen molar-refractivity contribution in [2.45, 2.75) is 32.1 Å². The van der Waals surface area contributed by atoms with E-state index in [1.807, 2.05) is 17.5 Å². The number of aromatic nitrogens is 4. The fourth-order valence-electron chi connectivity index (χ4n) is 2.08. The molecule has 2 heterocycles. The van der Waals surface area contributed by atoms with Crippen molar-refractivity contribution in [2.24, 2.45) is 5.92 Å². The predicted molar refractivity (Wildman–Crippen MR) is 63.7 cm³/mol. The quantitative estimate of drug-likeness (QED) is 0.772. The molecule has 2 aromatic heterocycles. The Labute approximate surface area is 99.7 Å². The minimum absolute atomic E-state index is 0.0235. The van der Waals surface area contributed by atoms with E-state index in [2.05, 4.69) is 29.0 Å². The number of alkyl halides is 1. The van der Waals surface area contributed by atoms with Gasteiger partial charge in [0.05, 0.1) is 5.69 Å². The number of nitrogens with zero attached hydrogens (tertiary/aromatic N) is 4. The van der Waals surface area contributed by atoms with Crippen LogP contribution in [0.25, 0.3) is 5.65 Å². The highest BCUT2D eigenvalue weighted by Gasteiger charge is 2.25. The molecule has 0 saturated heterocycles. The Morgan fingerprint density at radius 1 is 1.31 bits per heavy atom. The molecule has 2 unspecified atom stereocenters. The fraction of sp³-hybridized carbons (Fsp3) is 0.545. The van der Waals surface area contributed by atoms with Crippen molar-refractivity contribution in [1.82, 2.24) is 19.6 Å². The molecule has 16 heavy (non-hydrogen) atoms. The molecule has 0 aliphatic rings. The van der Waals surface area contributed by atoms with E-state index in [0.717, 1.165) is 11.3 Å². The lowest BCUT2D eigenvalue weighted by Crippen LogP contribution is -2.18. The fourth-order valence-corrected chi connectivity index (χ4v) is 2.49. The van der Waals surface area contributed by atoms with E-state index in [1.165, 1.54) is 0 Å². The summed E-state index contributed by atoms with van der Waals surface area (Å²) in [7, 11) is 0. The molecule has 0 bridgehead atoms. The summed E-state index contributed by atoms with van der Waals surface area (Å²) in [5, 5.41) is 8.01. The Hall–Kier alpha value is -1.16. The van der Waals surface area contributed by atoms with Gasteiger partial charge in [0, 0.05) is 23.7 Å². The van der Waals surface area contributed by atoms with E-state index in [1.54, 1.807) is 12.5 Å². The molecule has 0 spiro atoms. The van der Waals surface area contributed by atoms with Gasteiger partial charge in [0.1, 0.15) is 6.33 Å². The van der Waals surface area contributed by atoms with Gasteiger partial charge in [-0.2, -0.15) is 0 Å². The van der Waals surface area contributed by atoms with Gasteiger partial charge in [-0.3, -0.25) is 9.38 Å². The number of fused-ring (bicyclic) bond motifs is 1. The zero-order valence-electron chi connectivity index (χ0n) is 9.63. The van der Waals surface area contributed by atoms with Gasteiger partial charge in [0.25, 0.3) is 0 Å². The van der Waals surface area contributed by atoms with Crippen molar-refractivity contribution >= 4 is 17.2 Å². The highest BCUT2D eigenvalue weighted by atomic mass is 35.5. The molecule has 0 N–H and O–H groups in total. The van der Waals surface area contributed by atoms with E-state index in [9.17, 15) is 0 Å². The van der Waals surface area contributed by atoms with Crippen molar-refractivity contribution in [3.8, 4) is 0 Å². The summed E-state index contributed by atoms with van der Waals surface area (Å²) < 4.78 is 1.87. The summed E-state index contributed by atoms with van der Waals surface area (Å²) in [5.41, 5.74) is 1.73. The lowest BCUT2D eigenvalue weighted by atomic mass is 9.89. The zero-order chi connectivity index (χ0) is 11.7. The molecule has 4 nitrogen and oxygen atoms in total. The number of rotatable bonds is 3. The van der Waals surface area contributed by atoms with Crippen molar-refractivity contribution in [3.63, 3.8) is 0 Å². The van der Waals surface area contributed by atoms with Crippen molar-refractivity contribution < 1.29 is 0 Å². The summed E-state index contributed by atoms with van der Waals surface area (Å²) in [5.74, 6) is 0.609. The maximum atomic E-state index is 6.24. The average Bonchev–Trinajstić information content (AvgIpc) is 2.65. The van der Waals surface area contributed by atoms with Crippen LogP contribution in [0.4, 0.5) is 0 Å². The van der Waals surface area contributed by atoms with E-state index in [0.29, 0.717) is 5.92 Å². The van der Waals surface area contributed by atoms with E-state index >= 15 is 0 Å². The summed E-state index contributed by atoms with van der Waals surface area (Å²) in [6.07, 6.45) is 5.28. The standard InChI is InChI=1S/C11H15ClN4/c1-7(2)9(8(3)12)10-11-15-14-6-16(11)5-4-13-10/h4-9H,1-3H3. The van der Waals surface area contributed by atoms with Crippen LogP contribution in [0.15, 0.2) is 18.7 Å². The van der Waals surface area contributed by atoms with Crippen LogP contribution in [0.5, 0.6) is 0 Å². The maximum Gasteiger partial charge on any atom is 0.182 e. The average molecular weight is 239 g/mol. The highest BCUT2D eigenvalue weighted by Crippen LogP contribution is 2.31. The van der Waals surface area contributed by atoms with Gasteiger partial charge < -0.3 is 0 Å². The topological polar surface area (TPSA) is 43.1 Å². The molecular formula is C11H15ClN4. The lowest BCUT2D eigenvalue weighted by molar-refractivity contribution is 0.481. The van der Waals surface area contributed by atoms with Gasteiger partial charge in [-0.1, -0.05) is 13.8 Å². The molecular weight excluding hydrogens is 224 g/mol. The molecule has 2 atom stereocenters. The third kappa shape index (κ3) is 1.89. The second-order valence-electron chi connectivity index (χ2n) is 4.32. The summed E-state index contributed by atoms with van der Waals surface area (Å²) >= 11 is 6.24. The van der Waals surface area contributed by atoms with Gasteiger partial charge in [-0.15, -0.1) is 21.8 Å². The minimum atomic E-state index is 0.0235. The minimum Gasteiger partial charge on any atom is -0.286 e. The molecule has 0 amide bonds. The highest BCUT2D eigenvalue weighted by molar-refractivity contribution is 6.20. The summed E-state index contributed by atoms with van der Waals surface area (Å²) in [6.45, 7) is 6.28. The summed E-state index contributed by atoms with van der Waals surface area (Å²) in [6, 6.07) is 0. The first-order chi connectivity index (χ1) is 7.61. The largest absolute Gasteiger partial charge is 0.286 e. The molecule has 0 saturated carbocycles. The van der Waals surface area contributed by atoms with E-state index in [4.69, 9.17) is 11.6 Å². The smallest absolute Gasteiger partial charge is 0.182 e. The Balaban J connectivity index is 2.56. The molecule has 5 heteroatoms. The number of hydrogen-bond acceptors (Lipinski definition) is 3. The first-order valence-corrected chi connectivity index (χ1v) is 5.83. The molecule has 86 valence electrons. The van der Waals surface area contributed by atoms with Gasteiger partial charge >= 0.3 is 0 Å². The molecule has 0 fully saturated rings. The SMILES string of the molecule is CC(C)C(c1nccn2cnnc12)C(C)Cl. The van der Waals surface area contributed by atoms with Crippen LogP contribution in [0.1, 0.15) is 32.4 Å². The van der Waals surface area contributed by atoms with Gasteiger partial charge in [0.15, 0.2) is 5.65 Å². The van der Waals surface area contributed by atoms with Crippen LogP contribution in [0, 0.1) is 5.92 Å². The first-order valence-electron chi connectivity index (χ1n) is 5.39. The molecule has 2 rings (SSSR count). The second-order valence-corrected chi connectivity index (χ2v) is 5.01. The normalized spacial score (nSPS) is 15.6. The first kappa shape index (κ1) is 11.3. The molecule has 0 radical (unpaired) electrons. The van der Waals surface area contributed by atoms with Gasteiger partial charge in [-0.25, -0.2) is 0 Å². The summed E-state index contributed by atoms with van der Waals surface area (Å²) in [4.78, 5) is 4.41. The zero-order valence-corrected chi connectivity index (χ0v) is 10.4. The maximum absolute atomic E-state index is 6.24. The van der Waals surface area contributed by atoms with Crippen LogP contribution in [-0.4, -0.2) is 25.0 Å². The third-order valence-corrected chi connectivity index (χ3v) is 3.04. The molecule has 0 aromatic carbocycles. The Morgan fingerprint density at radius 3 is 2.69 bits per heavy atom. The molecule has 0 aliphatic carbocycles. The predicted octanol–water partition coefficient (Wildman–Crippen LogP) is 2.49. The van der Waals surface area contributed by atoms with Crippen LogP contribution < -0.4 is 0 Å². The van der Waals surface area contributed by atoms with E-state index < -0.39 is 0 Å². The molecule has 0 aliphatic heterocycles. The van der Waals surface area contributed by atoms with Crippen LogP contribution in [0.3, 0.4) is 0 Å². The monoisotopic (exact) mass is 238 g/mol. The number of hydrogen-bond donors (Lipinski definition) is 0. The second kappa shape index (κ2) is 4.37. The van der Waals surface area contributed by atoms with Gasteiger partial charge in [-0.05, 0) is 12.8 Å². The van der Waals surface area contributed by atoms with Crippen molar-refractivity contribution in [1.29, 1.82) is 0 Å². The number of halogens is 1. The Kier molecular flexibility index (Phi) is 3.10. The van der Waals surface area contributed by atoms with Gasteiger partial charge in [0.2, 0.25) is 0 Å².